The molecule has 1 aromatic rings. The van der Waals surface area contributed by atoms with Crippen LogP contribution < -0.4 is 0 Å². The number of hydrogen-bond donors (Lipinski definition) is 0. The Hall–Kier alpha value is -1.99. The second-order valence-corrected chi connectivity index (χ2v) is 8.20. The first kappa shape index (κ1) is 14.4. The van der Waals surface area contributed by atoms with E-state index < -0.39 is 0 Å². The molecule has 0 nitrogen and oxygen atoms in total. The van der Waals surface area contributed by atoms with Gasteiger partial charge in [0.2, 0.25) is 0 Å². The van der Waals surface area contributed by atoms with Crippen molar-refractivity contribution in [2.24, 2.45) is 0 Å². The van der Waals surface area contributed by atoms with Gasteiger partial charge in [-0.3, -0.25) is 0 Å². The van der Waals surface area contributed by atoms with Crippen LogP contribution in [0.3, 0.4) is 0 Å². The molecular formula is C23H20S. The Balaban J connectivity index is 1.63. The first-order valence-corrected chi connectivity index (χ1v) is 9.54. The summed E-state index contributed by atoms with van der Waals surface area (Å²) in [6, 6.07) is 8.85. The van der Waals surface area contributed by atoms with Crippen LogP contribution in [0, 0.1) is 0 Å². The van der Waals surface area contributed by atoms with Gasteiger partial charge in [-0.15, -0.1) is 11.8 Å². The van der Waals surface area contributed by atoms with Gasteiger partial charge in [-0.2, -0.15) is 0 Å². The van der Waals surface area contributed by atoms with Gasteiger partial charge in [0.05, 0.1) is 5.25 Å². The molecule has 0 saturated carbocycles. The van der Waals surface area contributed by atoms with Crippen molar-refractivity contribution in [2.75, 3.05) is 0 Å². The van der Waals surface area contributed by atoms with Gasteiger partial charge >= 0.3 is 0 Å². The van der Waals surface area contributed by atoms with Crippen LogP contribution in [0.2, 0.25) is 0 Å². The molecule has 2 atom stereocenters. The minimum absolute atomic E-state index is 0.426. The molecule has 0 amide bonds. The molecule has 3 aliphatic carbocycles. The van der Waals surface area contributed by atoms with E-state index in [0.717, 1.165) is 0 Å². The number of fused-ring (bicyclic) bond motifs is 3. The van der Waals surface area contributed by atoms with Gasteiger partial charge in [-0.25, -0.2) is 0 Å². The smallest absolute Gasteiger partial charge is 0.0533 e. The number of thioether (sulfide) groups is 1. The lowest BCUT2D eigenvalue weighted by molar-refractivity contribution is 0.940. The third-order valence-electron chi connectivity index (χ3n) is 5.60. The SMILES string of the molecule is CC1=CC2=CC3SC=C(C4C(C)=Cc5ccccc54)C3=C(C)C2=C1. The Morgan fingerprint density at radius 3 is 2.67 bits per heavy atom. The lowest BCUT2D eigenvalue weighted by atomic mass is 9.79. The summed E-state index contributed by atoms with van der Waals surface area (Å²) >= 11 is 1.97. The highest BCUT2D eigenvalue weighted by Gasteiger charge is 2.37. The van der Waals surface area contributed by atoms with E-state index in [9.17, 15) is 0 Å². The van der Waals surface area contributed by atoms with Gasteiger partial charge in [0, 0.05) is 5.92 Å². The number of allylic oxidation sites excluding steroid dienone is 8. The van der Waals surface area contributed by atoms with Crippen LogP contribution in [0.25, 0.3) is 6.08 Å². The highest BCUT2D eigenvalue weighted by Crippen LogP contribution is 2.53. The molecule has 2 unspecified atom stereocenters. The van der Waals surface area contributed by atoms with E-state index in [0.29, 0.717) is 11.2 Å². The standard InChI is InChI=1S/C23H20S/c1-13-8-17-11-21-23(15(3)19(17)9-13)20(12-24-21)22-14(2)10-16-6-4-5-7-18(16)22/h4-12,21-22H,1-3H3. The minimum Gasteiger partial charge on any atom is -0.121 e. The van der Waals surface area contributed by atoms with Gasteiger partial charge in [-0.1, -0.05) is 54.1 Å². The Morgan fingerprint density at radius 2 is 1.79 bits per heavy atom. The van der Waals surface area contributed by atoms with Crippen LogP contribution in [0.1, 0.15) is 37.8 Å². The third kappa shape index (κ3) is 1.88. The van der Waals surface area contributed by atoms with E-state index in [4.69, 9.17) is 0 Å². The second-order valence-electron chi connectivity index (χ2n) is 7.19. The molecule has 118 valence electrons. The maximum atomic E-state index is 2.46. The molecule has 0 spiro atoms. The monoisotopic (exact) mass is 328 g/mol. The van der Waals surface area contributed by atoms with E-state index in [2.05, 4.69) is 74.7 Å². The van der Waals surface area contributed by atoms with Gasteiger partial charge in [-0.05, 0) is 70.7 Å². The molecular weight excluding hydrogens is 308 g/mol. The summed E-state index contributed by atoms with van der Waals surface area (Å²) in [7, 11) is 0. The van der Waals surface area contributed by atoms with Crippen LogP contribution in [0.15, 0.2) is 86.9 Å². The fourth-order valence-corrected chi connectivity index (χ4v) is 5.79. The molecule has 4 aliphatic rings. The van der Waals surface area contributed by atoms with Crippen molar-refractivity contribution in [2.45, 2.75) is 31.9 Å². The molecule has 0 radical (unpaired) electrons. The quantitative estimate of drug-likeness (QED) is 0.580. The highest BCUT2D eigenvalue weighted by atomic mass is 32.2. The van der Waals surface area contributed by atoms with Gasteiger partial charge in [0.1, 0.15) is 0 Å². The molecule has 1 aliphatic heterocycles. The summed E-state index contributed by atoms with van der Waals surface area (Å²) in [5.41, 5.74) is 13.1. The Kier molecular flexibility index (Phi) is 2.99. The van der Waals surface area contributed by atoms with Crippen molar-refractivity contribution in [3.63, 3.8) is 0 Å². The summed E-state index contributed by atoms with van der Waals surface area (Å²) in [5, 5.41) is 2.90. The molecule has 0 N–H and O–H groups in total. The van der Waals surface area contributed by atoms with Gasteiger partial charge in [0.15, 0.2) is 0 Å². The zero-order valence-electron chi connectivity index (χ0n) is 14.3. The van der Waals surface area contributed by atoms with Crippen LogP contribution >= 0.6 is 11.8 Å². The first-order chi connectivity index (χ1) is 11.6. The van der Waals surface area contributed by atoms with E-state index in [-0.39, 0.29) is 0 Å². The fourth-order valence-electron chi connectivity index (χ4n) is 4.56. The van der Waals surface area contributed by atoms with Crippen molar-refractivity contribution in [3.8, 4) is 0 Å². The van der Waals surface area contributed by atoms with Crippen LogP contribution in [0.5, 0.6) is 0 Å². The lowest BCUT2D eigenvalue weighted by Crippen LogP contribution is -2.14. The molecule has 1 heteroatoms. The number of benzene rings is 1. The molecule has 0 aromatic heterocycles. The normalized spacial score (nSPS) is 27.0. The Labute approximate surface area is 148 Å². The predicted octanol–water partition coefficient (Wildman–Crippen LogP) is 6.33. The van der Waals surface area contributed by atoms with Crippen molar-refractivity contribution < 1.29 is 0 Å². The zero-order valence-corrected chi connectivity index (χ0v) is 15.1. The maximum Gasteiger partial charge on any atom is 0.0533 e. The van der Waals surface area contributed by atoms with Crippen molar-refractivity contribution >= 4 is 17.8 Å². The summed E-state index contributed by atoms with van der Waals surface area (Å²) < 4.78 is 0. The van der Waals surface area contributed by atoms with E-state index >= 15 is 0 Å². The fraction of sp³-hybridized carbons (Fsp3) is 0.217. The van der Waals surface area contributed by atoms with E-state index in [1.165, 1.54) is 44.6 Å². The van der Waals surface area contributed by atoms with Crippen molar-refractivity contribution in [1.82, 2.24) is 0 Å². The number of hydrogen-bond acceptors (Lipinski definition) is 1. The van der Waals surface area contributed by atoms with Crippen LogP contribution in [-0.2, 0) is 0 Å². The molecule has 5 rings (SSSR count). The topological polar surface area (TPSA) is 0 Å². The lowest BCUT2D eigenvalue weighted by Gasteiger charge is -2.26. The Bertz CT molecular complexity index is 960. The maximum absolute atomic E-state index is 2.46. The molecule has 1 heterocycles. The van der Waals surface area contributed by atoms with Crippen molar-refractivity contribution in [1.29, 1.82) is 0 Å². The second kappa shape index (κ2) is 5.00. The zero-order chi connectivity index (χ0) is 16.4. The van der Waals surface area contributed by atoms with Crippen LogP contribution in [-0.4, -0.2) is 5.25 Å². The predicted molar refractivity (Wildman–Crippen MR) is 105 cm³/mol. The van der Waals surface area contributed by atoms with E-state index in [1.54, 1.807) is 5.57 Å². The first-order valence-electron chi connectivity index (χ1n) is 8.60. The summed E-state index contributed by atoms with van der Waals surface area (Å²) in [6.07, 6.45) is 9.48. The molecule has 0 bridgehead atoms. The number of rotatable bonds is 1. The molecule has 0 saturated heterocycles. The average molecular weight is 328 g/mol. The highest BCUT2D eigenvalue weighted by molar-refractivity contribution is 8.03. The van der Waals surface area contributed by atoms with Gasteiger partial charge < -0.3 is 0 Å². The van der Waals surface area contributed by atoms with Gasteiger partial charge in [0.25, 0.3) is 0 Å². The van der Waals surface area contributed by atoms with E-state index in [1.807, 2.05) is 11.8 Å². The summed E-state index contributed by atoms with van der Waals surface area (Å²) in [4.78, 5) is 0. The van der Waals surface area contributed by atoms with Crippen LogP contribution in [0.4, 0.5) is 0 Å². The average Bonchev–Trinajstić information content (AvgIpc) is 3.21. The minimum atomic E-state index is 0.426. The third-order valence-corrected chi connectivity index (χ3v) is 6.65. The summed E-state index contributed by atoms with van der Waals surface area (Å²) in [6.45, 7) is 6.79. The molecule has 24 heavy (non-hydrogen) atoms. The summed E-state index contributed by atoms with van der Waals surface area (Å²) in [5.74, 6) is 0.426. The largest absolute Gasteiger partial charge is 0.121 e. The van der Waals surface area contributed by atoms with Crippen molar-refractivity contribution in [3.05, 3.63) is 98.0 Å². The molecule has 0 fully saturated rings. The Morgan fingerprint density at radius 1 is 0.958 bits per heavy atom. The molecule has 1 aromatic carbocycles.